The molecule has 0 saturated heterocycles. The van der Waals surface area contributed by atoms with E-state index in [0.29, 0.717) is 12.5 Å². The largest absolute Gasteiger partial charge is 0.443 e. The van der Waals surface area contributed by atoms with Crippen LogP contribution in [-0.4, -0.2) is 11.1 Å². The minimum absolute atomic E-state index is 0.224. The molecule has 1 rings (SSSR count). The molecule has 0 saturated carbocycles. The SMILES string of the molecule is CCc1cnc(COC(C)C)o1. The van der Waals surface area contributed by atoms with Gasteiger partial charge in [-0.1, -0.05) is 6.92 Å². The highest BCUT2D eigenvalue weighted by Gasteiger charge is 2.02. The zero-order valence-corrected chi connectivity index (χ0v) is 7.83. The van der Waals surface area contributed by atoms with Gasteiger partial charge in [-0.3, -0.25) is 0 Å². The van der Waals surface area contributed by atoms with Gasteiger partial charge in [-0.2, -0.15) is 0 Å². The summed E-state index contributed by atoms with van der Waals surface area (Å²) >= 11 is 0. The zero-order chi connectivity index (χ0) is 8.97. The van der Waals surface area contributed by atoms with Crippen LogP contribution in [0.25, 0.3) is 0 Å². The average molecular weight is 169 g/mol. The number of hydrogen-bond donors (Lipinski definition) is 0. The summed E-state index contributed by atoms with van der Waals surface area (Å²) in [6, 6.07) is 0. The lowest BCUT2D eigenvalue weighted by Gasteiger charge is -2.03. The van der Waals surface area contributed by atoms with Crippen LogP contribution in [0.1, 0.15) is 32.4 Å². The van der Waals surface area contributed by atoms with E-state index < -0.39 is 0 Å². The van der Waals surface area contributed by atoms with Crippen LogP contribution in [0, 0.1) is 0 Å². The van der Waals surface area contributed by atoms with Crippen molar-refractivity contribution in [2.24, 2.45) is 0 Å². The predicted molar refractivity (Wildman–Crippen MR) is 45.8 cm³/mol. The van der Waals surface area contributed by atoms with Crippen molar-refractivity contribution in [2.45, 2.75) is 39.9 Å². The summed E-state index contributed by atoms with van der Waals surface area (Å²) in [7, 11) is 0. The third-order valence-corrected chi connectivity index (χ3v) is 1.49. The maximum Gasteiger partial charge on any atom is 0.220 e. The fraction of sp³-hybridized carbons (Fsp3) is 0.667. The zero-order valence-electron chi connectivity index (χ0n) is 7.83. The van der Waals surface area contributed by atoms with Gasteiger partial charge < -0.3 is 9.15 Å². The highest BCUT2D eigenvalue weighted by Crippen LogP contribution is 2.06. The monoisotopic (exact) mass is 169 g/mol. The molecule has 0 atom stereocenters. The maximum absolute atomic E-state index is 5.35. The second-order valence-corrected chi connectivity index (χ2v) is 2.93. The van der Waals surface area contributed by atoms with E-state index in [1.54, 1.807) is 6.20 Å². The van der Waals surface area contributed by atoms with Crippen molar-refractivity contribution in [3.05, 3.63) is 17.8 Å². The fourth-order valence-corrected chi connectivity index (χ4v) is 0.816. The van der Waals surface area contributed by atoms with Crippen molar-refractivity contribution < 1.29 is 9.15 Å². The second-order valence-electron chi connectivity index (χ2n) is 2.93. The highest BCUT2D eigenvalue weighted by atomic mass is 16.5. The number of rotatable bonds is 4. The Balaban J connectivity index is 2.41. The van der Waals surface area contributed by atoms with Gasteiger partial charge in [0, 0.05) is 6.42 Å². The first-order valence-electron chi connectivity index (χ1n) is 4.27. The van der Waals surface area contributed by atoms with Crippen LogP contribution in [0.2, 0.25) is 0 Å². The van der Waals surface area contributed by atoms with E-state index in [-0.39, 0.29) is 6.10 Å². The van der Waals surface area contributed by atoms with E-state index in [0.717, 1.165) is 12.2 Å². The van der Waals surface area contributed by atoms with E-state index in [1.807, 2.05) is 20.8 Å². The van der Waals surface area contributed by atoms with Crippen LogP contribution in [0.4, 0.5) is 0 Å². The van der Waals surface area contributed by atoms with Crippen LogP contribution < -0.4 is 0 Å². The molecule has 0 aliphatic heterocycles. The molecule has 0 unspecified atom stereocenters. The molecule has 1 aromatic heterocycles. The molecule has 1 aromatic rings. The van der Waals surface area contributed by atoms with Crippen LogP contribution >= 0.6 is 0 Å². The second kappa shape index (κ2) is 4.26. The molecule has 12 heavy (non-hydrogen) atoms. The first-order valence-corrected chi connectivity index (χ1v) is 4.27. The standard InChI is InChI=1S/C9H15NO2/c1-4-8-5-10-9(12-8)6-11-7(2)3/h5,7H,4,6H2,1-3H3. The smallest absolute Gasteiger partial charge is 0.220 e. The summed E-state index contributed by atoms with van der Waals surface area (Å²) in [5.74, 6) is 1.58. The normalized spacial score (nSPS) is 11.0. The molecule has 0 amide bonds. The van der Waals surface area contributed by atoms with Gasteiger partial charge in [0.2, 0.25) is 5.89 Å². The number of hydrogen-bond acceptors (Lipinski definition) is 3. The Morgan fingerprint density at radius 2 is 2.33 bits per heavy atom. The molecular weight excluding hydrogens is 154 g/mol. The Kier molecular flexibility index (Phi) is 3.29. The van der Waals surface area contributed by atoms with Crippen molar-refractivity contribution >= 4 is 0 Å². The first kappa shape index (κ1) is 9.26. The highest BCUT2D eigenvalue weighted by molar-refractivity contribution is 4.92. The molecule has 0 aliphatic carbocycles. The quantitative estimate of drug-likeness (QED) is 0.692. The molecular formula is C9H15NO2. The van der Waals surface area contributed by atoms with Gasteiger partial charge in [0.1, 0.15) is 12.4 Å². The fourth-order valence-electron chi connectivity index (χ4n) is 0.816. The van der Waals surface area contributed by atoms with Gasteiger partial charge in [0.25, 0.3) is 0 Å². The van der Waals surface area contributed by atoms with E-state index in [4.69, 9.17) is 9.15 Å². The van der Waals surface area contributed by atoms with E-state index >= 15 is 0 Å². The Labute approximate surface area is 72.7 Å². The minimum Gasteiger partial charge on any atom is -0.443 e. The van der Waals surface area contributed by atoms with Crippen LogP contribution in [0.15, 0.2) is 10.6 Å². The molecule has 0 aromatic carbocycles. The number of oxazole rings is 1. The Hall–Kier alpha value is -0.830. The van der Waals surface area contributed by atoms with Gasteiger partial charge in [0.15, 0.2) is 0 Å². The number of nitrogens with zero attached hydrogens (tertiary/aromatic N) is 1. The van der Waals surface area contributed by atoms with Crippen molar-refractivity contribution in [1.82, 2.24) is 4.98 Å². The van der Waals surface area contributed by atoms with E-state index in [9.17, 15) is 0 Å². The lowest BCUT2D eigenvalue weighted by Crippen LogP contribution is -2.02. The van der Waals surface area contributed by atoms with Gasteiger partial charge >= 0.3 is 0 Å². The molecule has 0 N–H and O–H groups in total. The Bertz CT molecular complexity index is 230. The predicted octanol–water partition coefficient (Wildman–Crippen LogP) is 2.16. The van der Waals surface area contributed by atoms with Crippen molar-refractivity contribution in [1.29, 1.82) is 0 Å². The topological polar surface area (TPSA) is 35.3 Å². The third-order valence-electron chi connectivity index (χ3n) is 1.49. The third kappa shape index (κ3) is 2.66. The summed E-state index contributed by atoms with van der Waals surface area (Å²) in [5, 5.41) is 0. The molecule has 0 fully saturated rings. The summed E-state index contributed by atoms with van der Waals surface area (Å²) in [6.07, 6.45) is 2.86. The lowest BCUT2D eigenvalue weighted by molar-refractivity contribution is 0.0511. The molecule has 3 nitrogen and oxygen atoms in total. The summed E-state index contributed by atoms with van der Waals surface area (Å²) in [4.78, 5) is 4.07. The molecule has 0 aliphatic rings. The number of ether oxygens (including phenoxy) is 1. The van der Waals surface area contributed by atoms with Crippen molar-refractivity contribution in [3.8, 4) is 0 Å². The van der Waals surface area contributed by atoms with Crippen LogP contribution in [0.5, 0.6) is 0 Å². The average Bonchev–Trinajstić information content (AvgIpc) is 2.48. The Morgan fingerprint density at radius 1 is 1.58 bits per heavy atom. The van der Waals surface area contributed by atoms with Gasteiger partial charge in [-0.15, -0.1) is 0 Å². The van der Waals surface area contributed by atoms with Gasteiger partial charge in [-0.05, 0) is 13.8 Å². The molecule has 1 heterocycles. The first-order chi connectivity index (χ1) is 5.72. The van der Waals surface area contributed by atoms with Crippen LogP contribution in [-0.2, 0) is 17.8 Å². The van der Waals surface area contributed by atoms with Crippen molar-refractivity contribution in [2.75, 3.05) is 0 Å². The van der Waals surface area contributed by atoms with Gasteiger partial charge in [0.05, 0.1) is 12.3 Å². The maximum atomic E-state index is 5.35. The van der Waals surface area contributed by atoms with E-state index in [2.05, 4.69) is 4.98 Å². The summed E-state index contributed by atoms with van der Waals surface area (Å²) in [5.41, 5.74) is 0. The number of aryl methyl sites for hydroxylation is 1. The number of aromatic nitrogens is 1. The molecule has 0 bridgehead atoms. The van der Waals surface area contributed by atoms with Crippen LogP contribution in [0.3, 0.4) is 0 Å². The van der Waals surface area contributed by atoms with Crippen molar-refractivity contribution in [3.63, 3.8) is 0 Å². The minimum atomic E-state index is 0.224. The van der Waals surface area contributed by atoms with Gasteiger partial charge in [-0.25, -0.2) is 4.98 Å². The molecule has 68 valence electrons. The van der Waals surface area contributed by atoms with E-state index in [1.165, 1.54) is 0 Å². The lowest BCUT2D eigenvalue weighted by atomic mass is 10.4. The Morgan fingerprint density at radius 3 is 2.83 bits per heavy atom. The summed E-state index contributed by atoms with van der Waals surface area (Å²) in [6.45, 7) is 6.48. The molecule has 0 spiro atoms. The molecule has 3 heteroatoms. The summed E-state index contributed by atoms with van der Waals surface area (Å²) < 4.78 is 10.7. The molecule has 0 radical (unpaired) electrons.